The molecular weight excluding hydrogens is 460 g/mol. The van der Waals surface area contributed by atoms with E-state index in [1.165, 1.54) is 11.1 Å². The van der Waals surface area contributed by atoms with Crippen molar-refractivity contribution in [3.63, 3.8) is 0 Å². The fourth-order valence-electron chi connectivity index (χ4n) is 2.83. The molecule has 3 aromatic rings. The van der Waals surface area contributed by atoms with Crippen LogP contribution < -0.4 is 15.4 Å². The Kier molecular flexibility index (Phi) is 7.99. The van der Waals surface area contributed by atoms with Gasteiger partial charge >= 0.3 is 0 Å². The largest absolute Gasteiger partial charge is 0.492 e. The van der Waals surface area contributed by atoms with Gasteiger partial charge in [-0.2, -0.15) is 0 Å². The molecule has 4 nitrogen and oxygen atoms in total. The van der Waals surface area contributed by atoms with Crippen LogP contribution in [0.3, 0.4) is 0 Å². The third-order valence-corrected chi connectivity index (χ3v) is 5.22. The number of aryl methyl sites for hydroxylation is 1. The molecule has 0 atom stereocenters. The van der Waals surface area contributed by atoms with Crippen molar-refractivity contribution in [2.75, 3.05) is 6.61 Å². The van der Waals surface area contributed by atoms with Gasteiger partial charge in [0.25, 0.3) is 5.91 Å². The van der Waals surface area contributed by atoms with Gasteiger partial charge in [-0.3, -0.25) is 10.1 Å². The first-order valence-corrected chi connectivity index (χ1v) is 10.8. The fraction of sp³-hybridized carbons (Fsp3) is 0.167. The van der Waals surface area contributed by atoms with Crippen molar-refractivity contribution in [1.82, 2.24) is 10.6 Å². The molecule has 0 unspecified atom stereocenters. The van der Waals surface area contributed by atoms with Gasteiger partial charge in [-0.15, -0.1) is 0 Å². The summed E-state index contributed by atoms with van der Waals surface area (Å²) in [6.45, 7) is 3.06. The van der Waals surface area contributed by atoms with Gasteiger partial charge in [0.1, 0.15) is 5.75 Å². The number of nitrogens with one attached hydrogen (secondary N) is 2. The second-order valence-corrected chi connectivity index (χ2v) is 8.17. The molecule has 0 radical (unpaired) electrons. The van der Waals surface area contributed by atoms with Crippen molar-refractivity contribution in [3.05, 3.63) is 99.5 Å². The monoisotopic (exact) mass is 482 g/mol. The smallest absolute Gasteiger partial charge is 0.261 e. The van der Waals surface area contributed by atoms with Crippen LogP contribution in [0.15, 0.2) is 77.3 Å². The number of rotatable bonds is 7. The highest BCUT2D eigenvalue weighted by atomic mass is 79.9. The number of thiocarbonyl (C=S) groups is 1. The van der Waals surface area contributed by atoms with E-state index in [4.69, 9.17) is 17.0 Å². The minimum atomic E-state index is -0.313. The Balaban J connectivity index is 1.57. The molecule has 3 aromatic carbocycles. The van der Waals surface area contributed by atoms with Gasteiger partial charge in [-0.1, -0.05) is 76.1 Å². The Hall–Kier alpha value is -2.70. The minimum absolute atomic E-state index is 0.274. The minimum Gasteiger partial charge on any atom is -0.492 e. The van der Waals surface area contributed by atoms with Gasteiger partial charge in [0.05, 0.1) is 12.2 Å². The quantitative estimate of drug-likeness (QED) is 0.455. The zero-order valence-electron chi connectivity index (χ0n) is 16.7. The van der Waals surface area contributed by atoms with Gasteiger partial charge < -0.3 is 10.1 Å². The van der Waals surface area contributed by atoms with Crippen molar-refractivity contribution < 1.29 is 9.53 Å². The third kappa shape index (κ3) is 6.68. The number of amides is 1. The van der Waals surface area contributed by atoms with Gasteiger partial charge in [0.15, 0.2) is 5.11 Å². The average molecular weight is 483 g/mol. The van der Waals surface area contributed by atoms with Crippen LogP contribution >= 0.6 is 28.1 Å². The Labute approximate surface area is 190 Å². The molecule has 0 saturated carbocycles. The molecular formula is C24H23BrN2O2S. The molecule has 0 fully saturated rings. The van der Waals surface area contributed by atoms with E-state index in [9.17, 15) is 4.79 Å². The molecule has 0 bridgehead atoms. The number of hydrogen-bond acceptors (Lipinski definition) is 3. The predicted octanol–water partition coefficient (Wildman–Crippen LogP) is 5.18. The number of benzene rings is 3. The van der Waals surface area contributed by atoms with Crippen molar-refractivity contribution in [3.8, 4) is 5.75 Å². The molecule has 6 heteroatoms. The summed E-state index contributed by atoms with van der Waals surface area (Å²) in [6, 6.07) is 23.6. The van der Waals surface area contributed by atoms with Crippen molar-refractivity contribution in [2.45, 2.75) is 19.9 Å². The van der Waals surface area contributed by atoms with Crippen LogP contribution in [0, 0.1) is 6.92 Å². The molecule has 30 heavy (non-hydrogen) atoms. The second kappa shape index (κ2) is 10.9. The lowest BCUT2D eigenvalue weighted by Crippen LogP contribution is -2.39. The third-order valence-electron chi connectivity index (χ3n) is 4.48. The zero-order valence-corrected chi connectivity index (χ0v) is 19.1. The Morgan fingerprint density at radius 1 is 1.00 bits per heavy atom. The van der Waals surface area contributed by atoms with E-state index in [-0.39, 0.29) is 11.0 Å². The molecule has 0 spiro atoms. The van der Waals surface area contributed by atoms with Crippen molar-refractivity contribution >= 4 is 39.2 Å². The summed E-state index contributed by atoms with van der Waals surface area (Å²) in [7, 11) is 0. The predicted molar refractivity (Wildman–Crippen MR) is 128 cm³/mol. The molecule has 0 aliphatic carbocycles. The second-order valence-electron chi connectivity index (χ2n) is 6.85. The lowest BCUT2D eigenvalue weighted by Gasteiger charge is -2.14. The first kappa shape index (κ1) is 22.0. The van der Waals surface area contributed by atoms with E-state index in [1.54, 1.807) is 12.1 Å². The van der Waals surface area contributed by atoms with Crippen LogP contribution in [0.1, 0.15) is 27.0 Å². The molecule has 1 amide bonds. The van der Waals surface area contributed by atoms with Gasteiger partial charge in [-0.25, -0.2) is 0 Å². The van der Waals surface area contributed by atoms with E-state index in [0.29, 0.717) is 24.5 Å². The number of ether oxygens (including phenoxy) is 1. The maximum absolute atomic E-state index is 12.8. The molecule has 3 rings (SSSR count). The highest BCUT2D eigenvalue weighted by Crippen LogP contribution is 2.23. The van der Waals surface area contributed by atoms with Gasteiger partial charge in [0.2, 0.25) is 0 Å². The van der Waals surface area contributed by atoms with E-state index < -0.39 is 0 Å². The van der Waals surface area contributed by atoms with Crippen LogP contribution in [0.25, 0.3) is 0 Å². The Morgan fingerprint density at radius 3 is 2.47 bits per heavy atom. The lowest BCUT2D eigenvalue weighted by molar-refractivity contribution is 0.0972. The summed E-state index contributed by atoms with van der Waals surface area (Å²) < 4.78 is 6.69. The molecule has 154 valence electrons. The Morgan fingerprint density at radius 2 is 1.73 bits per heavy atom. The van der Waals surface area contributed by atoms with Crippen LogP contribution in [0.4, 0.5) is 0 Å². The van der Waals surface area contributed by atoms with E-state index in [0.717, 1.165) is 16.5 Å². The normalized spacial score (nSPS) is 10.3. The summed E-state index contributed by atoms with van der Waals surface area (Å²) in [5, 5.41) is 6.07. The summed E-state index contributed by atoms with van der Waals surface area (Å²) in [4.78, 5) is 12.8. The van der Waals surface area contributed by atoms with E-state index in [2.05, 4.69) is 38.7 Å². The molecule has 2 N–H and O–H groups in total. The maximum atomic E-state index is 12.8. The fourth-order valence-corrected chi connectivity index (χ4v) is 3.36. The molecule has 0 saturated heterocycles. The zero-order chi connectivity index (χ0) is 21.3. The summed E-state index contributed by atoms with van der Waals surface area (Å²) in [5.41, 5.74) is 3.90. The summed E-state index contributed by atoms with van der Waals surface area (Å²) in [5.74, 6) is 0.209. The first-order valence-electron chi connectivity index (χ1n) is 9.62. The number of hydrogen-bond donors (Lipinski definition) is 2. The summed E-state index contributed by atoms with van der Waals surface area (Å²) >= 11 is 8.71. The highest BCUT2D eigenvalue weighted by molar-refractivity contribution is 9.10. The molecule has 0 aliphatic heterocycles. The van der Waals surface area contributed by atoms with E-state index >= 15 is 0 Å². The van der Waals surface area contributed by atoms with Crippen LogP contribution in [0.2, 0.25) is 0 Å². The number of halogens is 1. The highest BCUT2D eigenvalue weighted by Gasteiger charge is 2.15. The SMILES string of the molecule is Cc1ccc(CNC(=S)NC(=O)c2cc(Br)ccc2OCCc2ccccc2)cc1. The average Bonchev–Trinajstić information content (AvgIpc) is 2.75. The topological polar surface area (TPSA) is 50.4 Å². The van der Waals surface area contributed by atoms with Crippen LogP contribution in [0.5, 0.6) is 5.75 Å². The first-order chi connectivity index (χ1) is 14.5. The van der Waals surface area contributed by atoms with Gasteiger partial charge in [-0.05, 0) is 48.5 Å². The standard InChI is InChI=1S/C24H23BrN2O2S/c1-17-7-9-19(10-8-17)16-26-24(30)27-23(28)21-15-20(25)11-12-22(21)29-14-13-18-5-3-2-4-6-18/h2-12,15H,13-14,16H2,1H3,(H2,26,27,28,30). The van der Waals surface area contributed by atoms with Crippen LogP contribution in [-0.2, 0) is 13.0 Å². The number of carbonyl (C=O) groups is 1. The molecule has 0 aliphatic rings. The van der Waals surface area contributed by atoms with Gasteiger partial charge in [0, 0.05) is 17.4 Å². The molecule has 0 aromatic heterocycles. The lowest BCUT2D eigenvalue weighted by atomic mass is 10.1. The number of carbonyl (C=O) groups excluding carboxylic acids is 1. The summed E-state index contributed by atoms with van der Waals surface area (Å²) in [6.07, 6.45) is 0.758. The van der Waals surface area contributed by atoms with Crippen molar-refractivity contribution in [1.29, 1.82) is 0 Å². The van der Waals surface area contributed by atoms with Crippen LogP contribution in [-0.4, -0.2) is 17.6 Å². The van der Waals surface area contributed by atoms with E-state index in [1.807, 2.05) is 55.5 Å². The Bertz CT molecular complexity index is 1010. The van der Waals surface area contributed by atoms with Crippen molar-refractivity contribution in [2.24, 2.45) is 0 Å². The maximum Gasteiger partial charge on any atom is 0.261 e. The molecule has 0 heterocycles.